The Bertz CT molecular complexity index is 401. The third kappa shape index (κ3) is 2.24. The smallest absolute Gasteiger partial charge is 0.109 e. The molecule has 0 spiro atoms. The monoisotopic (exact) mass is 235 g/mol. The van der Waals surface area contributed by atoms with Crippen LogP contribution in [0.25, 0.3) is 0 Å². The highest BCUT2D eigenvalue weighted by molar-refractivity contribution is 5.09. The fraction of sp³-hybridized carbons (Fsp3) is 0.769. The zero-order chi connectivity index (χ0) is 11.8. The van der Waals surface area contributed by atoms with Crippen LogP contribution in [0.1, 0.15) is 30.8 Å². The standard InChI is InChI=1S/C13H21N3O/c1-15-6-2-3-11(15)7-10-8-16-9-12(17)4-5-13(16)14-10/h8,11-12,17H,2-7,9H2,1H3. The number of aryl methyl sites for hydroxylation is 1. The van der Waals surface area contributed by atoms with E-state index in [0.717, 1.165) is 31.6 Å². The van der Waals surface area contributed by atoms with Crippen LogP contribution in [0, 0.1) is 0 Å². The van der Waals surface area contributed by atoms with Crippen molar-refractivity contribution in [3.05, 3.63) is 17.7 Å². The Balaban J connectivity index is 1.72. The van der Waals surface area contributed by atoms with Gasteiger partial charge in [0.05, 0.1) is 11.8 Å². The Kier molecular flexibility index (Phi) is 2.92. The Hall–Kier alpha value is -0.870. The average molecular weight is 235 g/mol. The molecule has 3 rings (SSSR count). The van der Waals surface area contributed by atoms with Crippen LogP contribution in [0.2, 0.25) is 0 Å². The molecule has 2 atom stereocenters. The second kappa shape index (κ2) is 4.42. The number of aliphatic hydroxyl groups excluding tert-OH is 1. The lowest BCUT2D eigenvalue weighted by Crippen LogP contribution is -2.26. The maximum atomic E-state index is 9.63. The first-order chi connectivity index (χ1) is 8.22. The third-order valence-corrected chi connectivity index (χ3v) is 4.13. The minimum atomic E-state index is -0.182. The lowest BCUT2D eigenvalue weighted by molar-refractivity contribution is 0.130. The number of likely N-dealkylation sites (tertiary alicyclic amines) is 1. The predicted octanol–water partition coefficient (Wildman–Crippen LogP) is 0.827. The normalized spacial score (nSPS) is 29.5. The maximum absolute atomic E-state index is 9.63. The van der Waals surface area contributed by atoms with Gasteiger partial charge in [-0.05, 0) is 32.9 Å². The van der Waals surface area contributed by atoms with E-state index in [9.17, 15) is 5.11 Å². The molecule has 4 heteroatoms. The molecule has 0 saturated carbocycles. The molecule has 2 aliphatic rings. The first-order valence-electron chi connectivity index (χ1n) is 6.65. The van der Waals surface area contributed by atoms with Crippen molar-refractivity contribution < 1.29 is 5.11 Å². The first-order valence-corrected chi connectivity index (χ1v) is 6.65. The van der Waals surface area contributed by atoms with Crippen LogP contribution in [0.5, 0.6) is 0 Å². The number of hydrogen-bond donors (Lipinski definition) is 1. The van der Waals surface area contributed by atoms with Gasteiger partial charge in [0.25, 0.3) is 0 Å². The predicted molar refractivity (Wildman–Crippen MR) is 65.9 cm³/mol. The lowest BCUT2D eigenvalue weighted by atomic mass is 10.1. The lowest BCUT2D eigenvalue weighted by Gasteiger charge is -2.18. The van der Waals surface area contributed by atoms with E-state index in [4.69, 9.17) is 4.98 Å². The summed E-state index contributed by atoms with van der Waals surface area (Å²) in [5.74, 6) is 1.16. The molecular weight excluding hydrogens is 214 g/mol. The van der Waals surface area contributed by atoms with E-state index in [1.807, 2.05) is 0 Å². The van der Waals surface area contributed by atoms with Crippen molar-refractivity contribution in [2.24, 2.45) is 0 Å². The maximum Gasteiger partial charge on any atom is 0.109 e. The quantitative estimate of drug-likeness (QED) is 0.825. The van der Waals surface area contributed by atoms with Crippen LogP contribution < -0.4 is 0 Å². The van der Waals surface area contributed by atoms with E-state index in [0.29, 0.717) is 6.04 Å². The van der Waals surface area contributed by atoms with Gasteiger partial charge in [0.15, 0.2) is 0 Å². The topological polar surface area (TPSA) is 41.3 Å². The highest BCUT2D eigenvalue weighted by Gasteiger charge is 2.24. The molecule has 0 aromatic carbocycles. The summed E-state index contributed by atoms with van der Waals surface area (Å²) in [6.45, 7) is 1.94. The van der Waals surface area contributed by atoms with E-state index in [1.54, 1.807) is 0 Å². The fourth-order valence-corrected chi connectivity index (χ4v) is 3.06. The molecule has 4 nitrogen and oxygen atoms in total. The van der Waals surface area contributed by atoms with Crippen molar-refractivity contribution in [3.8, 4) is 0 Å². The highest BCUT2D eigenvalue weighted by atomic mass is 16.3. The average Bonchev–Trinajstić information content (AvgIpc) is 2.85. The second-order valence-corrected chi connectivity index (χ2v) is 5.47. The van der Waals surface area contributed by atoms with E-state index in [2.05, 4.69) is 22.7 Å². The van der Waals surface area contributed by atoms with Gasteiger partial charge in [-0.1, -0.05) is 0 Å². The number of fused-ring (bicyclic) bond motifs is 1. The summed E-state index contributed by atoms with van der Waals surface area (Å²) in [7, 11) is 2.21. The van der Waals surface area contributed by atoms with Crippen molar-refractivity contribution in [2.45, 2.75) is 50.8 Å². The van der Waals surface area contributed by atoms with Crippen LogP contribution in [-0.4, -0.2) is 45.3 Å². The van der Waals surface area contributed by atoms with Crippen LogP contribution in [0.15, 0.2) is 6.20 Å². The second-order valence-electron chi connectivity index (χ2n) is 5.47. The number of aliphatic hydroxyl groups is 1. The Morgan fingerprint density at radius 2 is 2.35 bits per heavy atom. The van der Waals surface area contributed by atoms with Gasteiger partial charge in [0.1, 0.15) is 5.82 Å². The number of hydrogen-bond acceptors (Lipinski definition) is 3. The summed E-state index contributed by atoms with van der Waals surface area (Å²) in [6.07, 6.45) is 7.41. The number of rotatable bonds is 2. The zero-order valence-corrected chi connectivity index (χ0v) is 10.5. The van der Waals surface area contributed by atoms with E-state index in [-0.39, 0.29) is 6.10 Å². The number of aromatic nitrogens is 2. The van der Waals surface area contributed by atoms with E-state index in [1.165, 1.54) is 25.1 Å². The van der Waals surface area contributed by atoms with Gasteiger partial charge in [-0.15, -0.1) is 0 Å². The molecule has 3 heterocycles. The molecule has 1 aromatic heterocycles. The van der Waals surface area contributed by atoms with Crippen molar-refractivity contribution in [3.63, 3.8) is 0 Å². The Morgan fingerprint density at radius 3 is 3.12 bits per heavy atom. The largest absolute Gasteiger partial charge is 0.391 e. The van der Waals surface area contributed by atoms with Crippen LogP contribution in [-0.2, 0) is 19.4 Å². The molecule has 1 saturated heterocycles. The Labute approximate surface area is 102 Å². The number of likely N-dealkylation sites (N-methyl/N-ethyl adjacent to an activating group) is 1. The van der Waals surface area contributed by atoms with Gasteiger partial charge in [-0.3, -0.25) is 0 Å². The summed E-state index contributed by atoms with van der Waals surface area (Å²) in [5, 5.41) is 9.63. The SMILES string of the molecule is CN1CCCC1Cc1cn2c(n1)CCC(O)C2. The van der Waals surface area contributed by atoms with E-state index < -0.39 is 0 Å². The van der Waals surface area contributed by atoms with Crippen molar-refractivity contribution >= 4 is 0 Å². The van der Waals surface area contributed by atoms with Gasteiger partial charge in [-0.25, -0.2) is 4.98 Å². The minimum absolute atomic E-state index is 0.182. The summed E-state index contributed by atoms with van der Waals surface area (Å²) in [5.41, 5.74) is 1.20. The summed E-state index contributed by atoms with van der Waals surface area (Å²) < 4.78 is 2.14. The molecule has 2 unspecified atom stereocenters. The number of imidazole rings is 1. The molecule has 94 valence electrons. The van der Waals surface area contributed by atoms with Gasteiger partial charge < -0.3 is 14.6 Å². The molecule has 1 fully saturated rings. The van der Waals surface area contributed by atoms with Gasteiger partial charge in [0.2, 0.25) is 0 Å². The van der Waals surface area contributed by atoms with Crippen molar-refractivity contribution in [1.29, 1.82) is 0 Å². The molecule has 0 bridgehead atoms. The third-order valence-electron chi connectivity index (χ3n) is 4.13. The summed E-state index contributed by atoms with van der Waals surface area (Å²) in [4.78, 5) is 7.15. The van der Waals surface area contributed by atoms with Gasteiger partial charge >= 0.3 is 0 Å². The summed E-state index contributed by atoms with van der Waals surface area (Å²) >= 11 is 0. The zero-order valence-electron chi connectivity index (χ0n) is 10.5. The van der Waals surface area contributed by atoms with Gasteiger partial charge in [-0.2, -0.15) is 0 Å². The van der Waals surface area contributed by atoms with E-state index >= 15 is 0 Å². The molecule has 1 N–H and O–H groups in total. The molecular formula is C13H21N3O. The van der Waals surface area contributed by atoms with Crippen LogP contribution in [0.4, 0.5) is 0 Å². The molecule has 17 heavy (non-hydrogen) atoms. The molecule has 0 radical (unpaired) electrons. The van der Waals surface area contributed by atoms with Crippen molar-refractivity contribution in [2.75, 3.05) is 13.6 Å². The summed E-state index contributed by atoms with van der Waals surface area (Å²) in [6, 6.07) is 0.664. The molecule has 1 aromatic rings. The van der Waals surface area contributed by atoms with Crippen LogP contribution >= 0.6 is 0 Å². The fourth-order valence-electron chi connectivity index (χ4n) is 3.06. The highest BCUT2D eigenvalue weighted by Crippen LogP contribution is 2.21. The van der Waals surface area contributed by atoms with Crippen molar-refractivity contribution in [1.82, 2.24) is 14.5 Å². The Morgan fingerprint density at radius 1 is 1.47 bits per heavy atom. The number of nitrogens with zero attached hydrogens (tertiary/aromatic N) is 3. The van der Waals surface area contributed by atoms with Crippen LogP contribution in [0.3, 0.4) is 0 Å². The molecule has 0 amide bonds. The minimum Gasteiger partial charge on any atom is -0.391 e. The molecule has 0 aliphatic carbocycles. The van der Waals surface area contributed by atoms with Gasteiger partial charge in [0, 0.05) is 31.6 Å². The first kappa shape index (κ1) is 11.2. The molecule has 2 aliphatic heterocycles.